The average Bonchev–Trinajstić information content (AvgIpc) is 2.90. The molecule has 98 valence electrons. The zero-order chi connectivity index (χ0) is 13.1. The number of carbonyl (C=O) groups is 1. The Morgan fingerprint density at radius 2 is 2.39 bits per heavy atom. The number of furan rings is 1. The van der Waals surface area contributed by atoms with Crippen LogP contribution in [0.1, 0.15) is 37.7 Å². The lowest BCUT2D eigenvalue weighted by Gasteiger charge is -2.07. The molecular formula is C14H19NO3. The number of aliphatic hydroxyl groups is 1. The summed E-state index contributed by atoms with van der Waals surface area (Å²) in [6.07, 6.45) is 4.26. The van der Waals surface area contributed by atoms with Crippen LogP contribution in [-0.2, 0) is 4.79 Å². The third kappa shape index (κ3) is 3.23. The highest BCUT2D eigenvalue weighted by Crippen LogP contribution is 2.47. The third-order valence-corrected chi connectivity index (χ3v) is 3.18. The largest absolute Gasteiger partial charge is 0.461 e. The van der Waals surface area contributed by atoms with E-state index in [0.717, 1.165) is 5.76 Å². The van der Waals surface area contributed by atoms with Crippen LogP contribution >= 0.6 is 0 Å². The summed E-state index contributed by atoms with van der Waals surface area (Å²) in [5, 5.41) is 11.4. The normalized spacial score (nSPS) is 24.2. The minimum atomic E-state index is -0.235. The molecule has 0 aliphatic heterocycles. The Kier molecular flexibility index (Phi) is 3.87. The van der Waals surface area contributed by atoms with Gasteiger partial charge in [0.1, 0.15) is 11.5 Å². The van der Waals surface area contributed by atoms with E-state index in [4.69, 9.17) is 9.52 Å². The summed E-state index contributed by atoms with van der Waals surface area (Å²) in [7, 11) is 0. The molecule has 1 heterocycles. The van der Waals surface area contributed by atoms with E-state index in [1.165, 1.54) is 12.5 Å². The molecule has 0 aromatic carbocycles. The SMILES string of the molecule is CC1CC1c1ccc(C=CC(=O)N[C@H](C)CO)o1. The molecule has 1 aliphatic carbocycles. The molecule has 1 aliphatic rings. The monoisotopic (exact) mass is 249 g/mol. The number of rotatable bonds is 5. The van der Waals surface area contributed by atoms with Gasteiger partial charge in [-0.15, -0.1) is 0 Å². The van der Waals surface area contributed by atoms with Crippen LogP contribution in [0.3, 0.4) is 0 Å². The van der Waals surface area contributed by atoms with Gasteiger partial charge in [-0.3, -0.25) is 4.79 Å². The summed E-state index contributed by atoms with van der Waals surface area (Å²) in [5.41, 5.74) is 0. The number of amides is 1. The second-order valence-electron chi connectivity index (χ2n) is 4.99. The summed E-state index contributed by atoms with van der Waals surface area (Å²) in [6, 6.07) is 3.61. The maximum atomic E-state index is 11.4. The van der Waals surface area contributed by atoms with E-state index in [-0.39, 0.29) is 18.6 Å². The lowest BCUT2D eigenvalue weighted by molar-refractivity contribution is -0.117. The van der Waals surface area contributed by atoms with Crippen LogP contribution in [0.5, 0.6) is 0 Å². The van der Waals surface area contributed by atoms with Crippen molar-refractivity contribution in [3.8, 4) is 0 Å². The molecule has 2 rings (SSSR count). The van der Waals surface area contributed by atoms with Crippen LogP contribution in [0.15, 0.2) is 22.6 Å². The van der Waals surface area contributed by atoms with Gasteiger partial charge in [0.15, 0.2) is 0 Å². The molecule has 1 fully saturated rings. The Labute approximate surface area is 107 Å². The first kappa shape index (κ1) is 12.9. The zero-order valence-electron chi connectivity index (χ0n) is 10.7. The van der Waals surface area contributed by atoms with Gasteiger partial charge in [0.25, 0.3) is 0 Å². The second-order valence-corrected chi connectivity index (χ2v) is 4.99. The zero-order valence-corrected chi connectivity index (χ0v) is 10.7. The molecule has 2 unspecified atom stereocenters. The summed E-state index contributed by atoms with van der Waals surface area (Å²) >= 11 is 0. The predicted octanol–water partition coefficient (Wildman–Crippen LogP) is 1.91. The topological polar surface area (TPSA) is 62.5 Å². The lowest BCUT2D eigenvalue weighted by Crippen LogP contribution is -2.33. The maximum Gasteiger partial charge on any atom is 0.244 e. The average molecular weight is 249 g/mol. The van der Waals surface area contributed by atoms with Gasteiger partial charge in [0.2, 0.25) is 5.91 Å². The van der Waals surface area contributed by atoms with Crippen molar-refractivity contribution < 1.29 is 14.3 Å². The van der Waals surface area contributed by atoms with Crippen molar-refractivity contribution in [1.29, 1.82) is 0 Å². The van der Waals surface area contributed by atoms with Gasteiger partial charge in [-0.25, -0.2) is 0 Å². The quantitative estimate of drug-likeness (QED) is 0.784. The highest BCUT2D eigenvalue weighted by Gasteiger charge is 2.36. The summed E-state index contributed by atoms with van der Waals surface area (Å²) in [6.45, 7) is 3.88. The molecule has 0 bridgehead atoms. The van der Waals surface area contributed by atoms with E-state index in [1.54, 1.807) is 13.0 Å². The van der Waals surface area contributed by atoms with E-state index < -0.39 is 0 Å². The molecule has 1 aromatic rings. The minimum Gasteiger partial charge on any atom is -0.461 e. The van der Waals surface area contributed by atoms with Crippen molar-refractivity contribution in [2.45, 2.75) is 32.2 Å². The van der Waals surface area contributed by atoms with Gasteiger partial charge in [0, 0.05) is 18.0 Å². The Morgan fingerprint density at radius 1 is 1.67 bits per heavy atom. The molecule has 0 saturated heterocycles. The van der Waals surface area contributed by atoms with Crippen molar-refractivity contribution in [3.05, 3.63) is 29.7 Å². The fourth-order valence-electron chi connectivity index (χ4n) is 1.87. The fraction of sp³-hybridized carbons (Fsp3) is 0.500. The Morgan fingerprint density at radius 3 is 3.00 bits per heavy atom. The Hall–Kier alpha value is -1.55. The van der Waals surface area contributed by atoms with Crippen LogP contribution < -0.4 is 5.32 Å². The van der Waals surface area contributed by atoms with Crippen molar-refractivity contribution in [2.75, 3.05) is 6.61 Å². The molecule has 1 saturated carbocycles. The Balaban J connectivity index is 1.88. The van der Waals surface area contributed by atoms with E-state index in [0.29, 0.717) is 17.6 Å². The van der Waals surface area contributed by atoms with Crippen molar-refractivity contribution in [2.24, 2.45) is 5.92 Å². The smallest absolute Gasteiger partial charge is 0.244 e. The highest BCUT2D eigenvalue weighted by atomic mass is 16.3. The first-order valence-electron chi connectivity index (χ1n) is 6.29. The number of carbonyl (C=O) groups excluding carboxylic acids is 1. The van der Waals surface area contributed by atoms with Crippen LogP contribution in [-0.4, -0.2) is 23.7 Å². The van der Waals surface area contributed by atoms with E-state index in [2.05, 4.69) is 12.2 Å². The number of aliphatic hydroxyl groups excluding tert-OH is 1. The minimum absolute atomic E-state index is 0.0654. The van der Waals surface area contributed by atoms with Gasteiger partial charge in [-0.2, -0.15) is 0 Å². The van der Waals surface area contributed by atoms with Gasteiger partial charge >= 0.3 is 0 Å². The van der Waals surface area contributed by atoms with E-state index in [9.17, 15) is 4.79 Å². The van der Waals surface area contributed by atoms with Gasteiger partial charge in [-0.1, -0.05) is 6.92 Å². The van der Waals surface area contributed by atoms with Crippen LogP contribution in [0.2, 0.25) is 0 Å². The van der Waals surface area contributed by atoms with E-state index in [1.807, 2.05) is 12.1 Å². The van der Waals surface area contributed by atoms with Crippen molar-refractivity contribution >= 4 is 12.0 Å². The third-order valence-electron chi connectivity index (χ3n) is 3.18. The first-order chi connectivity index (χ1) is 8.60. The lowest BCUT2D eigenvalue weighted by atomic mass is 10.3. The van der Waals surface area contributed by atoms with Gasteiger partial charge in [-0.05, 0) is 37.5 Å². The summed E-state index contributed by atoms with van der Waals surface area (Å²) in [4.78, 5) is 11.4. The van der Waals surface area contributed by atoms with Crippen molar-refractivity contribution in [3.63, 3.8) is 0 Å². The number of nitrogens with one attached hydrogen (secondary N) is 1. The van der Waals surface area contributed by atoms with Gasteiger partial charge < -0.3 is 14.8 Å². The number of hydrogen-bond acceptors (Lipinski definition) is 3. The van der Waals surface area contributed by atoms with Gasteiger partial charge in [0.05, 0.1) is 6.61 Å². The standard InChI is InChI=1S/C14H19NO3/c1-9-7-12(9)13-5-3-11(18-13)4-6-14(17)15-10(2)8-16/h3-6,9-10,12,16H,7-8H2,1-2H3,(H,15,17)/t9?,10-,12?/m1/s1. The van der Waals surface area contributed by atoms with Crippen LogP contribution in [0.25, 0.3) is 6.08 Å². The molecule has 1 aromatic heterocycles. The fourth-order valence-corrected chi connectivity index (χ4v) is 1.87. The molecule has 3 atom stereocenters. The molecule has 4 heteroatoms. The molecule has 4 nitrogen and oxygen atoms in total. The predicted molar refractivity (Wildman–Crippen MR) is 69.0 cm³/mol. The summed E-state index contributed by atoms with van der Waals surface area (Å²) in [5.74, 6) is 2.73. The summed E-state index contributed by atoms with van der Waals surface area (Å²) < 4.78 is 5.64. The first-order valence-corrected chi connectivity index (χ1v) is 6.29. The number of hydrogen-bond donors (Lipinski definition) is 2. The molecule has 0 spiro atoms. The molecule has 1 amide bonds. The molecule has 18 heavy (non-hydrogen) atoms. The molecule has 0 radical (unpaired) electrons. The highest BCUT2D eigenvalue weighted by molar-refractivity contribution is 5.91. The molecule has 2 N–H and O–H groups in total. The van der Waals surface area contributed by atoms with E-state index >= 15 is 0 Å². The van der Waals surface area contributed by atoms with Crippen LogP contribution in [0.4, 0.5) is 0 Å². The van der Waals surface area contributed by atoms with Crippen molar-refractivity contribution in [1.82, 2.24) is 5.32 Å². The second kappa shape index (κ2) is 5.40. The maximum absolute atomic E-state index is 11.4. The molecular weight excluding hydrogens is 230 g/mol. The Bertz CT molecular complexity index is 450. The van der Waals surface area contributed by atoms with Crippen LogP contribution in [0, 0.1) is 5.92 Å².